The van der Waals surface area contributed by atoms with Crippen LogP contribution >= 0.6 is 0 Å². The summed E-state index contributed by atoms with van der Waals surface area (Å²) in [6, 6.07) is 6.44. The van der Waals surface area contributed by atoms with E-state index >= 15 is 0 Å². The van der Waals surface area contributed by atoms with Crippen LogP contribution in [-0.4, -0.2) is 39.5 Å². The van der Waals surface area contributed by atoms with Gasteiger partial charge in [0.2, 0.25) is 0 Å². The number of nitrogens with zero attached hydrogens (tertiary/aromatic N) is 1. The quantitative estimate of drug-likeness (QED) is 0.479. The fraction of sp³-hybridized carbons (Fsp3) is 0.350. The minimum Gasteiger partial charge on any atom is -0.388 e. The molecule has 4 heteroatoms. The van der Waals surface area contributed by atoms with E-state index in [1.54, 1.807) is 6.08 Å². The molecule has 0 saturated carbocycles. The number of aldehydes is 1. The Hall–Kier alpha value is -2.33. The molecule has 0 bridgehead atoms. The smallest absolute Gasteiger partial charge is 0.149 e. The van der Waals surface area contributed by atoms with Crippen molar-refractivity contribution < 1.29 is 4.79 Å². The average molecular weight is 325 g/mol. The molecule has 0 amide bonds. The van der Waals surface area contributed by atoms with Gasteiger partial charge in [-0.05, 0) is 43.2 Å². The van der Waals surface area contributed by atoms with Gasteiger partial charge in [-0.25, -0.2) is 0 Å². The lowest BCUT2D eigenvalue weighted by Crippen LogP contribution is -2.43. The van der Waals surface area contributed by atoms with Gasteiger partial charge in [0, 0.05) is 55.7 Å². The van der Waals surface area contributed by atoms with Gasteiger partial charge in [-0.2, -0.15) is 0 Å². The highest BCUT2D eigenvalue weighted by atomic mass is 16.1. The Balaban J connectivity index is 2.29. The first-order valence-electron chi connectivity index (χ1n) is 8.37. The van der Waals surface area contributed by atoms with Gasteiger partial charge in [0.1, 0.15) is 6.29 Å². The van der Waals surface area contributed by atoms with E-state index in [-0.39, 0.29) is 0 Å². The standard InChI is InChI=1S/C20H27N3O/c1-5-17(14-24)12-15(2)16(3)19-7-6-18(13-20(19)21-4)23-10-8-22-9-11-23/h5-7,12-14,21-22H,3,8-11H2,1-2,4H3/b15-12-,17-5+. The Morgan fingerprint density at radius 3 is 2.62 bits per heavy atom. The van der Waals surface area contributed by atoms with Gasteiger partial charge < -0.3 is 15.5 Å². The number of benzene rings is 1. The highest BCUT2D eigenvalue weighted by molar-refractivity contribution is 5.88. The second kappa shape index (κ2) is 8.50. The zero-order chi connectivity index (χ0) is 17.5. The Kier molecular flexibility index (Phi) is 6.38. The predicted octanol–water partition coefficient (Wildman–Crippen LogP) is 3.24. The molecule has 24 heavy (non-hydrogen) atoms. The van der Waals surface area contributed by atoms with Gasteiger partial charge in [-0.15, -0.1) is 0 Å². The van der Waals surface area contributed by atoms with Gasteiger partial charge in [-0.1, -0.05) is 18.7 Å². The minimum atomic E-state index is 0.664. The molecule has 1 aliphatic heterocycles. The van der Waals surface area contributed by atoms with Crippen molar-refractivity contribution >= 4 is 23.2 Å². The lowest BCUT2D eigenvalue weighted by Gasteiger charge is -2.30. The number of carbonyl (C=O) groups excluding carboxylic acids is 1. The number of hydrogen-bond acceptors (Lipinski definition) is 4. The number of carbonyl (C=O) groups is 1. The van der Waals surface area contributed by atoms with E-state index in [0.717, 1.165) is 54.9 Å². The molecule has 0 unspecified atom stereocenters. The number of anilines is 2. The number of nitrogens with one attached hydrogen (secondary N) is 2. The van der Waals surface area contributed by atoms with Crippen LogP contribution in [0.2, 0.25) is 0 Å². The second-order valence-electron chi connectivity index (χ2n) is 5.93. The molecular weight excluding hydrogens is 298 g/mol. The van der Waals surface area contributed by atoms with Crippen molar-refractivity contribution in [3.8, 4) is 0 Å². The van der Waals surface area contributed by atoms with Crippen LogP contribution in [0.15, 0.2) is 48.1 Å². The van der Waals surface area contributed by atoms with E-state index < -0.39 is 0 Å². The molecule has 0 aromatic heterocycles. The Morgan fingerprint density at radius 2 is 2.04 bits per heavy atom. The zero-order valence-corrected chi connectivity index (χ0v) is 14.9. The molecule has 1 heterocycles. The molecule has 1 fully saturated rings. The largest absolute Gasteiger partial charge is 0.388 e. The summed E-state index contributed by atoms with van der Waals surface area (Å²) in [7, 11) is 1.93. The van der Waals surface area contributed by atoms with Gasteiger partial charge in [0.05, 0.1) is 0 Å². The molecule has 1 saturated heterocycles. The monoisotopic (exact) mass is 325 g/mol. The van der Waals surface area contributed by atoms with Crippen LogP contribution < -0.4 is 15.5 Å². The molecule has 128 valence electrons. The first-order valence-corrected chi connectivity index (χ1v) is 8.37. The summed E-state index contributed by atoms with van der Waals surface area (Å²) in [5, 5.41) is 6.65. The van der Waals surface area contributed by atoms with Crippen molar-refractivity contribution in [3.63, 3.8) is 0 Å². The maximum absolute atomic E-state index is 11.0. The van der Waals surface area contributed by atoms with E-state index in [9.17, 15) is 4.79 Å². The third kappa shape index (κ3) is 4.15. The zero-order valence-electron chi connectivity index (χ0n) is 14.9. The summed E-state index contributed by atoms with van der Waals surface area (Å²) in [6.07, 6.45) is 4.54. The van der Waals surface area contributed by atoms with Crippen LogP contribution in [0.5, 0.6) is 0 Å². The minimum absolute atomic E-state index is 0.664. The SMILES string of the molecule is C=C(/C(C)=C\C(C=O)=C/C)c1ccc(N2CCNCC2)cc1NC. The summed E-state index contributed by atoms with van der Waals surface area (Å²) < 4.78 is 0. The molecule has 0 spiro atoms. The lowest BCUT2D eigenvalue weighted by atomic mass is 9.96. The van der Waals surface area contributed by atoms with E-state index in [2.05, 4.69) is 40.3 Å². The highest BCUT2D eigenvalue weighted by Crippen LogP contribution is 2.32. The first-order chi connectivity index (χ1) is 11.6. The lowest BCUT2D eigenvalue weighted by molar-refractivity contribution is -0.104. The molecule has 1 aromatic carbocycles. The molecular formula is C20H27N3O. The maximum Gasteiger partial charge on any atom is 0.149 e. The number of rotatable bonds is 6. The first kappa shape index (κ1) is 18.0. The van der Waals surface area contributed by atoms with Crippen molar-refractivity contribution in [2.75, 3.05) is 43.4 Å². The topological polar surface area (TPSA) is 44.4 Å². The van der Waals surface area contributed by atoms with Crippen LogP contribution in [0.3, 0.4) is 0 Å². The van der Waals surface area contributed by atoms with Gasteiger partial charge >= 0.3 is 0 Å². The number of allylic oxidation sites excluding steroid dienone is 5. The number of piperazine rings is 1. The summed E-state index contributed by atoms with van der Waals surface area (Å²) in [6.45, 7) is 12.1. The second-order valence-corrected chi connectivity index (χ2v) is 5.93. The van der Waals surface area contributed by atoms with Crippen molar-refractivity contribution in [1.82, 2.24) is 5.32 Å². The third-order valence-corrected chi connectivity index (χ3v) is 4.41. The molecule has 0 aliphatic carbocycles. The normalized spacial score (nSPS) is 16.0. The Labute approximate surface area is 144 Å². The van der Waals surface area contributed by atoms with Crippen LogP contribution in [0, 0.1) is 0 Å². The summed E-state index contributed by atoms with van der Waals surface area (Å²) in [5.41, 5.74) is 5.91. The molecule has 2 N–H and O–H groups in total. The molecule has 0 radical (unpaired) electrons. The van der Waals surface area contributed by atoms with Crippen molar-refractivity contribution in [1.29, 1.82) is 0 Å². The summed E-state index contributed by atoms with van der Waals surface area (Å²) in [4.78, 5) is 13.4. The van der Waals surface area contributed by atoms with Crippen LogP contribution in [0.1, 0.15) is 19.4 Å². The van der Waals surface area contributed by atoms with Crippen molar-refractivity contribution in [2.45, 2.75) is 13.8 Å². The molecule has 4 nitrogen and oxygen atoms in total. The maximum atomic E-state index is 11.0. The molecule has 2 rings (SSSR count). The molecule has 1 aliphatic rings. The van der Waals surface area contributed by atoms with Crippen molar-refractivity contribution in [3.05, 3.63) is 53.6 Å². The van der Waals surface area contributed by atoms with E-state index in [4.69, 9.17) is 0 Å². The fourth-order valence-electron chi connectivity index (χ4n) is 2.86. The van der Waals surface area contributed by atoms with Crippen LogP contribution in [0.25, 0.3) is 5.57 Å². The van der Waals surface area contributed by atoms with Crippen molar-refractivity contribution in [2.24, 2.45) is 0 Å². The predicted molar refractivity (Wildman–Crippen MR) is 104 cm³/mol. The van der Waals surface area contributed by atoms with Crippen LogP contribution in [-0.2, 0) is 4.79 Å². The summed E-state index contributed by atoms with van der Waals surface area (Å²) in [5.74, 6) is 0. The Morgan fingerprint density at radius 1 is 1.33 bits per heavy atom. The Bertz CT molecular complexity index is 667. The molecule has 0 atom stereocenters. The van der Waals surface area contributed by atoms with Gasteiger partial charge in [0.25, 0.3) is 0 Å². The third-order valence-electron chi connectivity index (χ3n) is 4.41. The highest BCUT2D eigenvalue weighted by Gasteiger charge is 2.14. The fourth-order valence-corrected chi connectivity index (χ4v) is 2.86. The average Bonchev–Trinajstić information content (AvgIpc) is 2.65. The van der Waals surface area contributed by atoms with E-state index in [0.29, 0.717) is 5.57 Å². The molecule has 1 aromatic rings. The van der Waals surface area contributed by atoms with Gasteiger partial charge in [0.15, 0.2) is 0 Å². The van der Waals surface area contributed by atoms with E-state index in [1.165, 1.54) is 5.69 Å². The van der Waals surface area contributed by atoms with Crippen LogP contribution in [0.4, 0.5) is 11.4 Å². The summed E-state index contributed by atoms with van der Waals surface area (Å²) >= 11 is 0. The number of hydrogen-bond donors (Lipinski definition) is 2. The van der Waals surface area contributed by atoms with E-state index in [1.807, 2.05) is 27.0 Å². The van der Waals surface area contributed by atoms with Gasteiger partial charge in [-0.3, -0.25) is 4.79 Å².